The van der Waals surface area contributed by atoms with E-state index in [0.29, 0.717) is 54.9 Å². The first kappa shape index (κ1) is 29.1. The number of imidazole rings is 1. The van der Waals surface area contributed by atoms with E-state index in [0.717, 1.165) is 48.5 Å². The van der Waals surface area contributed by atoms with Crippen LogP contribution in [0.15, 0.2) is 54.7 Å². The summed E-state index contributed by atoms with van der Waals surface area (Å²) in [5.41, 5.74) is 3.30. The molecule has 3 fully saturated rings. The molecule has 0 unspecified atom stereocenters. The monoisotopic (exact) mass is 640 g/mol. The van der Waals surface area contributed by atoms with Crippen LogP contribution in [0, 0.1) is 16.7 Å². The summed E-state index contributed by atoms with van der Waals surface area (Å²) in [5, 5.41) is 19.7. The van der Waals surface area contributed by atoms with Gasteiger partial charge in [0.25, 0.3) is 5.79 Å². The molecule has 0 spiro atoms. The van der Waals surface area contributed by atoms with Gasteiger partial charge in [-0.1, -0.05) is 17.7 Å². The van der Waals surface area contributed by atoms with Crippen molar-refractivity contribution < 1.29 is 24.1 Å². The quantitative estimate of drug-likeness (QED) is 0.274. The lowest BCUT2D eigenvalue weighted by atomic mass is 10.0. The Morgan fingerprint density at radius 2 is 1.98 bits per heavy atom. The number of hydrogen-bond acceptors (Lipinski definition) is 9. The number of carbonyl (C=O) groups is 1. The number of anilines is 1. The molecule has 0 bridgehead atoms. The van der Waals surface area contributed by atoms with Crippen molar-refractivity contribution >= 4 is 34.3 Å². The van der Waals surface area contributed by atoms with Crippen LogP contribution in [0.4, 0.5) is 5.69 Å². The molecule has 236 valence electrons. The fourth-order valence-electron chi connectivity index (χ4n) is 7.18. The number of carboxylic acids is 1. The number of fused-ring (bicyclic) bond motifs is 3. The highest BCUT2D eigenvalue weighted by atomic mass is 35.5. The maximum absolute atomic E-state index is 11.8. The Kier molecular flexibility index (Phi) is 6.86. The molecule has 2 saturated heterocycles. The molecule has 11 nitrogen and oxygen atoms in total. The Morgan fingerprint density at radius 1 is 1.13 bits per heavy atom. The fraction of sp³-hybridized carbons (Fsp3) is 0.412. The Morgan fingerprint density at radius 3 is 2.74 bits per heavy atom. The number of piperazine rings is 1. The summed E-state index contributed by atoms with van der Waals surface area (Å²) < 4.78 is 21.1. The van der Waals surface area contributed by atoms with Crippen LogP contribution in [0.2, 0.25) is 5.02 Å². The molecule has 46 heavy (non-hydrogen) atoms. The molecule has 0 amide bonds. The van der Waals surface area contributed by atoms with Crippen molar-refractivity contribution in [1.29, 1.82) is 5.26 Å². The van der Waals surface area contributed by atoms with Gasteiger partial charge >= 0.3 is 5.97 Å². The van der Waals surface area contributed by atoms with E-state index in [1.165, 1.54) is 0 Å². The third-order valence-corrected chi connectivity index (χ3v) is 10.1. The van der Waals surface area contributed by atoms with E-state index in [2.05, 4.69) is 31.5 Å². The van der Waals surface area contributed by atoms with Crippen LogP contribution in [0.5, 0.6) is 11.5 Å². The minimum absolute atomic E-state index is 0.0779. The molecule has 1 N–H and O–H groups in total. The van der Waals surface area contributed by atoms with Gasteiger partial charge in [-0.3, -0.25) is 9.88 Å². The van der Waals surface area contributed by atoms with Gasteiger partial charge in [0.2, 0.25) is 0 Å². The molecule has 4 aromatic rings. The van der Waals surface area contributed by atoms with E-state index in [4.69, 9.17) is 30.8 Å². The standard InChI is InChI=1S/C34H33ClN6O5/c1-33(29-8-6-22(35)16-37-29)45-28-4-2-3-24(31(28)46-33)40-14-13-39(26-18-44-19-27(26)40)17-30-38-23-7-5-21(32(42)43)15-25(23)41(30)20-34(9-10-34)11-12-36/h2-8,15-16,26-27H,9-11,13-14,17-20H2,1H3,(H,42,43)/t26-,27+,33-/m0/s1. The summed E-state index contributed by atoms with van der Waals surface area (Å²) in [4.78, 5) is 26.1. The first-order valence-corrected chi connectivity index (χ1v) is 15.9. The normalized spacial score (nSPS) is 24.6. The zero-order chi connectivity index (χ0) is 31.6. The maximum atomic E-state index is 11.8. The third kappa shape index (κ3) is 4.92. The number of hydrogen-bond donors (Lipinski definition) is 1. The Labute approximate surface area is 270 Å². The molecule has 12 heteroatoms. The van der Waals surface area contributed by atoms with Gasteiger partial charge in [0, 0.05) is 44.6 Å². The van der Waals surface area contributed by atoms with Crippen molar-refractivity contribution in [2.75, 3.05) is 31.2 Å². The van der Waals surface area contributed by atoms with Crippen molar-refractivity contribution in [3.8, 4) is 17.6 Å². The first-order valence-electron chi connectivity index (χ1n) is 15.6. The number of rotatable bonds is 8. The molecule has 1 aliphatic carbocycles. The number of benzene rings is 2. The number of ether oxygens (including phenoxy) is 3. The van der Waals surface area contributed by atoms with E-state index in [9.17, 15) is 15.2 Å². The van der Waals surface area contributed by atoms with Gasteiger partial charge < -0.3 is 28.8 Å². The highest BCUT2D eigenvalue weighted by Crippen LogP contribution is 2.51. The van der Waals surface area contributed by atoms with E-state index in [1.807, 2.05) is 25.1 Å². The zero-order valence-corrected chi connectivity index (χ0v) is 26.1. The van der Waals surface area contributed by atoms with Gasteiger partial charge in [-0.25, -0.2) is 9.78 Å². The minimum Gasteiger partial charge on any atom is -0.478 e. The van der Waals surface area contributed by atoms with E-state index >= 15 is 0 Å². The van der Waals surface area contributed by atoms with Crippen LogP contribution in [-0.4, -0.2) is 68.9 Å². The molecule has 2 aromatic heterocycles. The van der Waals surface area contributed by atoms with Crippen LogP contribution in [0.1, 0.15) is 48.1 Å². The SMILES string of the molecule is C[C@]1(c2ccc(Cl)cn2)Oc2cccc(N3CCN(Cc4nc5ccc(C(=O)O)cc5n4CC4(CC#N)CC4)[C@H]4COC[C@H]43)c2O1. The molecule has 4 aliphatic rings. The number of carboxylic acid groups (broad SMARTS) is 1. The molecule has 3 aliphatic heterocycles. The molecule has 5 heterocycles. The summed E-state index contributed by atoms with van der Waals surface area (Å²) in [6, 6.07) is 17.2. The highest BCUT2D eigenvalue weighted by molar-refractivity contribution is 6.30. The van der Waals surface area contributed by atoms with Gasteiger partial charge in [0.15, 0.2) is 11.5 Å². The van der Waals surface area contributed by atoms with Gasteiger partial charge in [-0.2, -0.15) is 5.26 Å². The molecule has 2 aromatic carbocycles. The summed E-state index contributed by atoms with van der Waals surface area (Å²) in [6.07, 6.45) is 4.03. The van der Waals surface area contributed by atoms with Crippen molar-refractivity contribution in [3.05, 3.63) is 76.8 Å². The average molecular weight is 641 g/mol. The minimum atomic E-state index is -1.08. The maximum Gasteiger partial charge on any atom is 0.335 e. The number of pyridine rings is 1. The second-order valence-corrected chi connectivity index (χ2v) is 13.3. The summed E-state index contributed by atoms with van der Waals surface area (Å²) in [7, 11) is 0. The van der Waals surface area contributed by atoms with Crippen molar-refractivity contribution in [2.24, 2.45) is 5.41 Å². The molecular weight excluding hydrogens is 608 g/mol. The lowest BCUT2D eigenvalue weighted by Crippen LogP contribution is -2.59. The van der Waals surface area contributed by atoms with Crippen LogP contribution >= 0.6 is 11.6 Å². The van der Waals surface area contributed by atoms with Crippen molar-refractivity contribution in [1.82, 2.24) is 19.4 Å². The molecule has 0 radical (unpaired) electrons. The van der Waals surface area contributed by atoms with Crippen LogP contribution in [-0.2, 0) is 23.6 Å². The highest BCUT2D eigenvalue weighted by Gasteiger charge is 2.47. The molecular formula is C34H33ClN6O5. The van der Waals surface area contributed by atoms with Crippen LogP contribution < -0.4 is 14.4 Å². The summed E-state index contributed by atoms with van der Waals surface area (Å²) >= 11 is 6.08. The Hall–Kier alpha value is -4.37. The smallest absolute Gasteiger partial charge is 0.335 e. The Balaban J connectivity index is 1.08. The molecule has 1 saturated carbocycles. The lowest BCUT2D eigenvalue weighted by Gasteiger charge is -2.44. The summed E-state index contributed by atoms with van der Waals surface area (Å²) in [6.45, 7) is 5.76. The number of aromatic carboxylic acids is 1. The fourth-order valence-corrected chi connectivity index (χ4v) is 7.30. The second kappa shape index (κ2) is 10.9. The largest absolute Gasteiger partial charge is 0.478 e. The van der Waals surface area contributed by atoms with E-state index in [-0.39, 0.29) is 23.1 Å². The molecule has 3 atom stereocenters. The molecule has 8 rings (SSSR count). The number of nitrogens with zero attached hydrogens (tertiary/aromatic N) is 6. The van der Waals surface area contributed by atoms with E-state index in [1.54, 1.807) is 30.5 Å². The zero-order valence-electron chi connectivity index (χ0n) is 25.4. The van der Waals surface area contributed by atoms with Gasteiger partial charge in [0.1, 0.15) is 11.5 Å². The van der Waals surface area contributed by atoms with Crippen molar-refractivity contribution in [2.45, 2.75) is 57.1 Å². The van der Waals surface area contributed by atoms with E-state index < -0.39 is 11.8 Å². The van der Waals surface area contributed by atoms with Gasteiger partial charge in [0.05, 0.1) is 65.2 Å². The summed E-state index contributed by atoms with van der Waals surface area (Å²) in [5.74, 6) is 0.174. The number of nitriles is 1. The lowest BCUT2D eigenvalue weighted by molar-refractivity contribution is -0.0716. The topological polar surface area (TPSA) is 126 Å². The van der Waals surface area contributed by atoms with Crippen LogP contribution in [0.25, 0.3) is 11.0 Å². The van der Waals surface area contributed by atoms with Gasteiger partial charge in [-0.15, -0.1) is 0 Å². The predicted molar refractivity (Wildman–Crippen MR) is 169 cm³/mol. The predicted octanol–water partition coefficient (Wildman–Crippen LogP) is 5.21. The Bertz CT molecular complexity index is 1890. The number of halogens is 1. The van der Waals surface area contributed by atoms with Crippen LogP contribution in [0.3, 0.4) is 0 Å². The third-order valence-electron chi connectivity index (χ3n) is 9.90. The average Bonchev–Trinajstić information content (AvgIpc) is 3.34. The number of aromatic nitrogens is 3. The van der Waals surface area contributed by atoms with Gasteiger partial charge in [-0.05, 0) is 55.3 Å². The first-order chi connectivity index (χ1) is 22.3. The second-order valence-electron chi connectivity index (χ2n) is 12.9. The van der Waals surface area contributed by atoms with Crippen molar-refractivity contribution in [3.63, 3.8) is 0 Å². The number of para-hydroxylation sites is 1.